The van der Waals surface area contributed by atoms with Crippen LogP contribution in [0.1, 0.15) is 12.5 Å². The van der Waals surface area contributed by atoms with Gasteiger partial charge in [-0.3, -0.25) is 14.5 Å². The summed E-state index contributed by atoms with van der Waals surface area (Å²) in [7, 11) is 0. The molecule has 1 atom stereocenters. The molecule has 3 rings (SSSR count). The number of rotatable bonds is 3. The minimum atomic E-state index is -0.454. The second-order valence-electron chi connectivity index (χ2n) is 6.31. The molecule has 25 heavy (non-hydrogen) atoms. The van der Waals surface area contributed by atoms with E-state index in [1.165, 1.54) is 5.56 Å². The first-order chi connectivity index (χ1) is 11.1. The van der Waals surface area contributed by atoms with Crippen LogP contribution in [0.15, 0.2) is 24.3 Å². The summed E-state index contributed by atoms with van der Waals surface area (Å²) in [5.74, 6) is 0.131. The molecule has 0 aromatic heterocycles. The van der Waals surface area contributed by atoms with Gasteiger partial charge in [0.1, 0.15) is 0 Å². The second-order valence-corrected chi connectivity index (χ2v) is 6.31. The van der Waals surface area contributed by atoms with Gasteiger partial charge in [-0.25, -0.2) is 0 Å². The number of carbonyl (C=O) groups is 2. The lowest BCUT2D eigenvalue weighted by Crippen LogP contribution is -2.54. The fourth-order valence-electron chi connectivity index (χ4n) is 3.29. The Morgan fingerprint density at radius 3 is 2.36 bits per heavy atom. The van der Waals surface area contributed by atoms with Gasteiger partial charge in [0.25, 0.3) is 0 Å². The van der Waals surface area contributed by atoms with Crippen LogP contribution in [0, 0.1) is 0 Å². The molecule has 0 radical (unpaired) electrons. The first-order valence-electron chi connectivity index (χ1n) is 8.21. The first kappa shape index (κ1) is 21.7. The molecule has 0 aliphatic carbocycles. The number of halogens is 2. The summed E-state index contributed by atoms with van der Waals surface area (Å²) in [6.45, 7) is 5.62. The smallest absolute Gasteiger partial charge is 0.241 e. The Bertz CT molecular complexity index is 604. The second kappa shape index (κ2) is 9.38. The third-order valence-corrected chi connectivity index (χ3v) is 4.62. The number of hydrogen-bond acceptors (Lipinski definition) is 4. The Morgan fingerprint density at radius 1 is 1.08 bits per heavy atom. The quantitative estimate of drug-likeness (QED) is 0.835. The van der Waals surface area contributed by atoms with E-state index in [-0.39, 0.29) is 36.6 Å². The molecule has 2 heterocycles. The molecular formula is C17H26Cl2N4O2. The molecule has 2 aliphatic rings. The first-order valence-corrected chi connectivity index (χ1v) is 8.21. The molecule has 8 heteroatoms. The zero-order valence-corrected chi connectivity index (χ0v) is 16.0. The predicted octanol–water partition coefficient (Wildman–Crippen LogP) is 0.911. The fourth-order valence-corrected chi connectivity index (χ4v) is 3.29. The summed E-state index contributed by atoms with van der Waals surface area (Å²) in [5.41, 5.74) is 7.93. The summed E-state index contributed by atoms with van der Waals surface area (Å²) in [5, 5.41) is 0. The van der Waals surface area contributed by atoms with Crippen molar-refractivity contribution < 1.29 is 9.59 Å². The van der Waals surface area contributed by atoms with E-state index in [2.05, 4.69) is 11.0 Å². The lowest BCUT2D eigenvalue weighted by Gasteiger charge is -2.35. The van der Waals surface area contributed by atoms with Crippen LogP contribution in [0.3, 0.4) is 0 Å². The Labute approximate surface area is 161 Å². The largest absolute Gasteiger partial charge is 0.339 e. The van der Waals surface area contributed by atoms with Gasteiger partial charge in [0.2, 0.25) is 11.8 Å². The maximum Gasteiger partial charge on any atom is 0.241 e. The molecule has 6 nitrogen and oxygen atoms in total. The van der Waals surface area contributed by atoms with Crippen molar-refractivity contribution in [3.05, 3.63) is 29.8 Å². The highest BCUT2D eigenvalue weighted by molar-refractivity contribution is 5.96. The van der Waals surface area contributed by atoms with Crippen LogP contribution in [0.25, 0.3) is 0 Å². The Hall–Kier alpha value is -1.34. The highest BCUT2D eigenvalue weighted by Gasteiger charge is 2.28. The fraction of sp³-hybridized carbons (Fsp3) is 0.529. The maximum atomic E-state index is 12.6. The van der Waals surface area contributed by atoms with E-state index in [4.69, 9.17) is 5.73 Å². The lowest BCUT2D eigenvalue weighted by atomic mass is 10.2. The van der Waals surface area contributed by atoms with Crippen molar-refractivity contribution in [3.8, 4) is 0 Å². The van der Waals surface area contributed by atoms with Gasteiger partial charge in [0.15, 0.2) is 0 Å². The van der Waals surface area contributed by atoms with E-state index in [1.807, 2.05) is 23.1 Å². The Balaban J connectivity index is 0.00000156. The van der Waals surface area contributed by atoms with Crippen molar-refractivity contribution in [2.45, 2.75) is 19.4 Å². The number of nitrogens with zero attached hydrogens (tertiary/aromatic N) is 3. The monoisotopic (exact) mass is 388 g/mol. The summed E-state index contributed by atoms with van der Waals surface area (Å²) >= 11 is 0. The average Bonchev–Trinajstić information content (AvgIpc) is 2.99. The SMILES string of the molecule is C[C@@H](N)C(=O)N1CCN(CC(=O)N2CCc3ccccc32)CC1.Cl.Cl. The van der Waals surface area contributed by atoms with E-state index in [0.717, 1.165) is 31.7 Å². The zero-order valence-electron chi connectivity index (χ0n) is 14.4. The van der Waals surface area contributed by atoms with E-state index in [9.17, 15) is 9.59 Å². The van der Waals surface area contributed by atoms with E-state index < -0.39 is 6.04 Å². The van der Waals surface area contributed by atoms with E-state index >= 15 is 0 Å². The zero-order chi connectivity index (χ0) is 16.4. The van der Waals surface area contributed by atoms with Crippen LogP contribution in [0.5, 0.6) is 0 Å². The molecule has 2 N–H and O–H groups in total. The summed E-state index contributed by atoms with van der Waals surface area (Å²) in [6.07, 6.45) is 0.929. The van der Waals surface area contributed by atoms with Crippen molar-refractivity contribution in [2.24, 2.45) is 5.73 Å². The van der Waals surface area contributed by atoms with Gasteiger partial charge in [-0.2, -0.15) is 0 Å². The molecule has 0 saturated carbocycles. The van der Waals surface area contributed by atoms with Crippen LogP contribution in [-0.4, -0.2) is 66.9 Å². The summed E-state index contributed by atoms with van der Waals surface area (Å²) in [4.78, 5) is 30.3. The minimum absolute atomic E-state index is 0. The highest BCUT2D eigenvalue weighted by Crippen LogP contribution is 2.27. The molecule has 1 fully saturated rings. The van der Waals surface area contributed by atoms with Gasteiger partial charge < -0.3 is 15.5 Å². The number of fused-ring (bicyclic) bond motifs is 1. The van der Waals surface area contributed by atoms with Crippen LogP contribution in [-0.2, 0) is 16.0 Å². The predicted molar refractivity (Wildman–Crippen MR) is 104 cm³/mol. The van der Waals surface area contributed by atoms with Gasteiger partial charge in [0, 0.05) is 38.4 Å². The highest BCUT2D eigenvalue weighted by atomic mass is 35.5. The number of para-hydroxylation sites is 1. The molecule has 0 bridgehead atoms. The maximum absolute atomic E-state index is 12.6. The van der Waals surface area contributed by atoms with Crippen LogP contribution >= 0.6 is 24.8 Å². The van der Waals surface area contributed by atoms with Crippen LogP contribution < -0.4 is 10.6 Å². The minimum Gasteiger partial charge on any atom is -0.339 e. The third-order valence-electron chi connectivity index (χ3n) is 4.62. The summed E-state index contributed by atoms with van der Waals surface area (Å²) < 4.78 is 0. The molecule has 140 valence electrons. The molecule has 2 aliphatic heterocycles. The Morgan fingerprint density at radius 2 is 1.72 bits per heavy atom. The van der Waals surface area contributed by atoms with E-state index in [0.29, 0.717) is 19.6 Å². The van der Waals surface area contributed by atoms with Gasteiger partial charge in [-0.05, 0) is 25.0 Å². The van der Waals surface area contributed by atoms with Gasteiger partial charge in [-0.15, -0.1) is 24.8 Å². The molecule has 1 saturated heterocycles. The standard InChI is InChI=1S/C17H24N4O2.2ClH/c1-13(18)17(23)20-10-8-19(9-11-20)12-16(22)21-7-6-14-4-2-3-5-15(14)21;;/h2-5,13H,6-12,18H2,1H3;2*1H/t13-;;/m1../s1. The van der Waals surface area contributed by atoms with Crippen molar-refractivity contribution in [1.29, 1.82) is 0 Å². The molecular weight excluding hydrogens is 363 g/mol. The van der Waals surface area contributed by atoms with Gasteiger partial charge in [0.05, 0.1) is 12.6 Å². The normalized spacial score (nSPS) is 18.0. The van der Waals surface area contributed by atoms with Crippen molar-refractivity contribution in [1.82, 2.24) is 9.80 Å². The lowest BCUT2D eigenvalue weighted by molar-refractivity contribution is -0.134. The number of piperazine rings is 1. The van der Waals surface area contributed by atoms with Crippen LogP contribution in [0.2, 0.25) is 0 Å². The third kappa shape index (κ3) is 4.85. The molecule has 2 amide bonds. The van der Waals surface area contributed by atoms with Gasteiger partial charge >= 0.3 is 0 Å². The number of nitrogens with two attached hydrogens (primary N) is 1. The number of carbonyl (C=O) groups excluding carboxylic acids is 2. The number of amides is 2. The topological polar surface area (TPSA) is 69.9 Å². The summed E-state index contributed by atoms with van der Waals surface area (Å²) in [6, 6.07) is 7.63. The molecule has 1 aromatic rings. The number of benzene rings is 1. The number of hydrogen-bond donors (Lipinski definition) is 1. The van der Waals surface area contributed by atoms with Gasteiger partial charge in [-0.1, -0.05) is 18.2 Å². The van der Waals surface area contributed by atoms with Crippen molar-refractivity contribution in [2.75, 3.05) is 44.2 Å². The van der Waals surface area contributed by atoms with Crippen LogP contribution in [0.4, 0.5) is 5.69 Å². The molecule has 1 aromatic carbocycles. The molecule has 0 spiro atoms. The Kier molecular flexibility index (Phi) is 8.15. The average molecular weight is 389 g/mol. The van der Waals surface area contributed by atoms with Crippen molar-refractivity contribution in [3.63, 3.8) is 0 Å². The number of anilines is 1. The molecule has 0 unspecified atom stereocenters. The van der Waals surface area contributed by atoms with E-state index in [1.54, 1.807) is 11.8 Å². The van der Waals surface area contributed by atoms with Crippen molar-refractivity contribution >= 4 is 42.3 Å².